The van der Waals surface area contributed by atoms with Crippen molar-refractivity contribution in [2.45, 2.75) is 13.8 Å². The lowest BCUT2D eigenvalue weighted by Crippen LogP contribution is -2.08. The maximum atomic E-state index is 11.7. The number of anilines is 1. The van der Waals surface area contributed by atoms with Crippen molar-refractivity contribution in [2.75, 3.05) is 5.32 Å². The van der Waals surface area contributed by atoms with Gasteiger partial charge in [0, 0.05) is 6.08 Å². The Labute approximate surface area is 118 Å². The summed E-state index contributed by atoms with van der Waals surface area (Å²) in [5, 5.41) is 12.5. The van der Waals surface area contributed by atoms with Crippen LogP contribution in [0, 0.1) is 0 Å². The van der Waals surface area contributed by atoms with Gasteiger partial charge >= 0.3 is 0 Å². The van der Waals surface area contributed by atoms with E-state index in [4.69, 9.17) is 0 Å². The number of hydrogen-bond acceptors (Lipinski definition) is 2. The minimum absolute atomic E-state index is 0.0557. The van der Waals surface area contributed by atoms with Crippen LogP contribution in [0.2, 0.25) is 0 Å². The Kier molecular flexibility index (Phi) is 4.20. The number of benzene rings is 2. The van der Waals surface area contributed by atoms with Crippen molar-refractivity contribution in [1.29, 1.82) is 0 Å². The molecular formula is C17H17NO2. The zero-order valence-electron chi connectivity index (χ0n) is 11.6. The Morgan fingerprint density at radius 3 is 2.40 bits per heavy atom. The van der Waals surface area contributed by atoms with Crippen molar-refractivity contribution in [3.8, 4) is 16.9 Å². The molecule has 3 nitrogen and oxygen atoms in total. The minimum atomic E-state index is -0.245. The van der Waals surface area contributed by atoms with Crippen molar-refractivity contribution in [1.82, 2.24) is 0 Å². The maximum Gasteiger partial charge on any atom is 0.248 e. The summed E-state index contributed by atoms with van der Waals surface area (Å²) in [6.07, 6.45) is 1.49. The van der Waals surface area contributed by atoms with E-state index in [0.717, 1.165) is 16.7 Å². The zero-order chi connectivity index (χ0) is 14.5. The van der Waals surface area contributed by atoms with Crippen LogP contribution < -0.4 is 5.32 Å². The summed E-state index contributed by atoms with van der Waals surface area (Å²) in [6.45, 7) is 3.69. The first-order chi connectivity index (χ1) is 9.56. The number of carbonyl (C=O) groups excluding carboxylic acids is 1. The maximum absolute atomic E-state index is 11.7. The molecule has 0 aromatic heterocycles. The number of nitrogens with one attached hydrogen (secondary N) is 1. The minimum Gasteiger partial charge on any atom is -0.506 e. The summed E-state index contributed by atoms with van der Waals surface area (Å²) >= 11 is 0. The van der Waals surface area contributed by atoms with Gasteiger partial charge in [-0.3, -0.25) is 4.79 Å². The second kappa shape index (κ2) is 6.06. The second-order valence-electron chi connectivity index (χ2n) is 4.81. The molecule has 20 heavy (non-hydrogen) atoms. The molecule has 1 amide bonds. The highest BCUT2D eigenvalue weighted by Gasteiger charge is 2.06. The van der Waals surface area contributed by atoms with Crippen LogP contribution in [-0.2, 0) is 4.79 Å². The Morgan fingerprint density at radius 1 is 1.05 bits per heavy atom. The first kappa shape index (κ1) is 13.9. The number of phenols is 1. The van der Waals surface area contributed by atoms with Crippen LogP contribution in [-0.4, -0.2) is 11.0 Å². The van der Waals surface area contributed by atoms with Crippen molar-refractivity contribution in [3.63, 3.8) is 0 Å². The Balaban J connectivity index is 2.30. The largest absolute Gasteiger partial charge is 0.506 e. The van der Waals surface area contributed by atoms with Crippen molar-refractivity contribution < 1.29 is 9.90 Å². The van der Waals surface area contributed by atoms with Crippen LogP contribution in [0.15, 0.2) is 60.2 Å². The van der Waals surface area contributed by atoms with Gasteiger partial charge in [0.15, 0.2) is 0 Å². The lowest BCUT2D eigenvalue weighted by Gasteiger charge is -2.08. The van der Waals surface area contributed by atoms with E-state index in [0.29, 0.717) is 5.69 Å². The van der Waals surface area contributed by atoms with Gasteiger partial charge in [-0.25, -0.2) is 0 Å². The van der Waals surface area contributed by atoms with E-state index in [1.807, 2.05) is 50.2 Å². The highest BCUT2D eigenvalue weighted by molar-refractivity contribution is 6.01. The smallest absolute Gasteiger partial charge is 0.248 e. The highest BCUT2D eigenvalue weighted by atomic mass is 16.3. The molecule has 0 aliphatic heterocycles. The Morgan fingerprint density at radius 2 is 1.75 bits per heavy atom. The van der Waals surface area contributed by atoms with Crippen LogP contribution in [0.25, 0.3) is 11.1 Å². The summed E-state index contributed by atoms with van der Waals surface area (Å²) in [5.41, 5.74) is 3.29. The lowest BCUT2D eigenvalue weighted by atomic mass is 10.0. The zero-order valence-corrected chi connectivity index (χ0v) is 11.6. The Bertz CT molecular complexity index is 641. The average molecular weight is 267 g/mol. The molecule has 0 aliphatic carbocycles. The molecule has 102 valence electrons. The molecule has 0 heterocycles. The molecule has 0 saturated carbocycles. The molecule has 2 aromatic rings. The standard InChI is InChI=1S/C17H17NO2/c1-12(2)10-17(20)18-15-11-14(8-9-16(15)19)13-6-4-3-5-7-13/h3-11,19H,1-2H3,(H,18,20). The molecule has 0 saturated heterocycles. The third-order valence-electron chi connectivity index (χ3n) is 2.78. The number of hydrogen-bond donors (Lipinski definition) is 2. The molecule has 2 rings (SSSR count). The number of aromatic hydroxyl groups is 1. The molecule has 0 radical (unpaired) electrons. The van der Waals surface area contributed by atoms with Gasteiger partial charge in [0.2, 0.25) is 5.91 Å². The third kappa shape index (κ3) is 3.48. The van der Waals surface area contributed by atoms with Crippen LogP contribution in [0.3, 0.4) is 0 Å². The van der Waals surface area contributed by atoms with Crippen LogP contribution in [0.1, 0.15) is 13.8 Å². The topological polar surface area (TPSA) is 49.3 Å². The molecule has 3 heteroatoms. The third-order valence-corrected chi connectivity index (χ3v) is 2.78. The van der Waals surface area contributed by atoms with Gasteiger partial charge < -0.3 is 10.4 Å². The van der Waals surface area contributed by atoms with E-state index in [-0.39, 0.29) is 11.7 Å². The molecule has 2 N–H and O–H groups in total. The van der Waals surface area contributed by atoms with Crippen molar-refractivity contribution >= 4 is 11.6 Å². The van der Waals surface area contributed by atoms with Gasteiger partial charge in [-0.2, -0.15) is 0 Å². The molecule has 0 aliphatic rings. The summed E-state index contributed by atoms with van der Waals surface area (Å²) in [6, 6.07) is 15.0. The van der Waals surface area contributed by atoms with Gasteiger partial charge in [0.25, 0.3) is 0 Å². The van der Waals surface area contributed by atoms with E-state index in [1.54, 1.807) is 12.1 Å². The fourth-order valence-corrected chi connectivity index (χ4v) is 1.88. The molecule has 0 fully saturated rings. The fraction of sp³-hybridized carbons (Fsp3) is 0.118. The predicted octanol–water partition coefficient (Wildman–Crippen LogP) is 3.96. The van der Waals surface area contributed by atoms with Crippen LogP contribution >= 0.6 is 0 Å². The molecule has 0 unspecified atom stereocenters. The van der Waals surface area contributed by atoms with Gasteiger partial charge in [0.1, 0.15) is 5.75 Å². The van der Waals surface area contributed by atoms with E-state index < -0.39 is 0 Å². The van der Waals surface area contributed by atoms with Crippen LogP contribution in [0.5, 0.6) is 5.75 Å². The van der Waals surface area contributed by atoms with E-state index >= 15 is 0 Å². The number of amides is 1. The van der Waals surface area contributed by atoms with Gasteiger partial charge in [-0.1, -0.05) is 42.0 Å². The van der Waals surface area contributed by atoms with Crippen molar-refractivity contribution in [2.24, 2.45) is 0 Å². The second-order valence-corrected chi connectivity index (χ2v) is 4.81. The van der Waals surface area contributed by atoms with Crippen molar-refractivity contribution in [3.05, 3.63) is 60.2 Å². The lowest BCUT2D eigenvalue weighted by molar-refractivity contribution is -0.112. The highest BCUT2D eigenvalue weighted by Crippen LogP contribution is 2.29. The number of allylic oxidation sites excluding steroid dienone is 1. The molecule has 0 atom stereocenters. The first-order valence-electron chi connectivity index (χ1n) is 6.40. The van der Waals surface area contributed by atoms with E-state index in [9.17, 15) is 9.90 Å². The predicted molar refractivity (Wildman–Crippen MR) is 81.6 cm³/mol. The molecular weight excluding hydrogens is 250 g/mol. The summed E-state index contributed by atoms with van der Waals surface area (Å²) in [4.78, 5) is 11.7. The average Bonchev–Trinajstić information content (AvgIpc) is 2.41. The van der Waals surface area contributed by atoms with Crippen LogP contribution in [0.4, 0.5) is 5.69 Å². The summed E-state index contributed by atoms with van der Waals surface area (Å²) < 4.78 is 0. The fourth-order valence-electron chi connectivity index (χ4n) is 1.88. The van der Waals surface area contributed by atoms with Gasteiger partial charge in [-0.15, -0.1) is 0 Å². The first-order valence-corrected chi connectivity index (χ1v) is 6.40. The van der Waals surface area contributed by atoms with E-state index in [2.05, 4.69) is 5.32 Å². The summed E-state index contributed by atoms with van der Waals surface area (Å²) in [5.74, 6) is -0.189. The monoisotopic (exact) mass is 267 g/mol. The van der Waals surface area contributed by atoms with Gasteiger partial charge in [0.05, 0.1) is 5.69 Å². The molecule has 0 bridgehead atoms. The summed E-state index contributed by atoms with van der Waals surface area (Å²) in [7, 11) is 0. The molecule has 2 aromatic carbocycles. The number of rotatable bonds is 3. The molecule has 0 spiro atoms. The number of phenolic OH excluding ortho intramolecular Hbond substituents is 1. The van der Waals surface area contributed by atoms with Gasteiger partial charge in [-0.05, 0) is 37.1 Å². The number of carbonyl (C=O) groups is 1. The van der Waals surface area contributed by atoms with E-state index in [1.165, 1.54) is 6.08 Å². The Hall–Kier alpha value is -2.55. The SMILES string of the molecule is CC(C)=CC(=O)Nc1cc(-c2ccccc2)ccc1O. The quantitative estimate of drug-likeness (QED) is 0.653. The normalized spacial score (nSPS) is 9.90.